The summed E-state index contributed by atoms with van der Waals surface area (Å²) in [6.45, 7) is 0. The summed E-state index contributed by atoms with van der Waals surface area (Å²) in [6.07, 6.45) is 0. The molecule has 1 atom stereocenters. The van der Waals surface area contributed by atoms with Gasteiger partial charge in [-0.3, -0.25) is 0 Å². The van der Waals surface area contributed by atoms with Crippen LogP contribution in [0.2, 0.25) is 0 Å². The van der Waals surface area contributed by atoms with Gasteiger partial charge in [-0.15, -0.1) is 0 Å². The van der Waals surface area contributed by atoms with Crippen molar-refractivity contribution in [3.63, 3.8) is 0 Å². The van der Waals surface area contributed by atoms with Gasteiger partial charge in [0.05, 0.1) is 0 Å². The summed E-state index contributed by atoms with van der Waals surface area (Å²) in [4.78, 5) is 0. The molecule has 0 aliphatic rings. The van der Waals surface area contributed by atoms with Crippen molar-refractivity contribution in [1.29, 1.82) is 0 Å². The average Bonchev–Trinajstić information content (AvgIpc) is 1.90. The van der Waals surface area contributed by atoms with Crippen LogP contribution < -0.4 is 0 Å². The summed E-state index contributed by atoms with van der Waals surface area (Å²) < 4.78 is 0. The third-order valence-corrected chi connectivity index (χ3v) is 4.35. The summed E-state index contributed by atoms with van der Waals surface area (Å²) in [5.74, 6) is 2.18. The number of hydrogen-bond donors (Lipinski definition) is 0. The zero-order chi connectivity index (χ0) is 4.95. The maximum Gasteiger partial charge on any atom is 0.00166 e. The van der Waals surface area contributed by atoms with E-state index in [0.29, 0.717) is 0 Å². The molecule has 0 spiro atoms. The van der Waals surface area contributed by atoms with E-state index in [1.54, 1.807) is 10.3 Å². The molecule has 0 fully saturated rings. The molecule has 1 heterocycles. The normalized spacial score (nSPS) is 9.14. The van der Waals surface area contributed by atoms with Gasteiger partial charge in [-0.05, 0) is 5.80 Å². The molecule has 0 aliphatic heterocycles. The smallest absolute Gasteiger partial charge is 0.00166 e. The van der Waals surface area contributed by atoms with Crippen molar-refractivity contribution in [2.75, 3.05) is 0 Å². The summed E-state index contributed by atoms with van der Waals surface area (Å²) in [6, 6.07) is 4.16. The van der Waals surface area contributed by atoms with E-state index in [0.717, 1.165) is 7.37 Å². The van der Waals surface area contributed by atoms with Crippen molar-refractivity contribution in [2.45, 2.75) is 0 Å². The molecule has 0 bridgehead atoms. The van der Waals surface area contributed by atoms with E-state index in [-0.39, 0.29) is 0 Å². The predicted molar refractivity (Wildman–Crippen MR) is 39.3 cm³/mol. The van der Waals surface area contributed by atoms with Gasteiger partial charge in [-0.1, -0.05) is 39.8 Å². The first-order chi connectivity index (χ1) is 3.50. The first-order valence-corrected chi connectivity index (χ1v) is 5.91. The molecule has 1 rings (SSSR count). The summed E-state index contributed by atoms with van der Waals surface area (Å²) in [5, 5.41) is 2.10. The molecule has 38 valence electrons. The van der Waals surface area contributed by atoms with Gasteiger partial charge < -0.3 is 0 Å². The summed E-state index contributed by atoms with van der Waals surface area (Å²) in [5.41, 5.74) is 0. The lowest BCUT2D eigenvalue weighted by Crippen LogP contribution is -1.27. The van der Waals surface area contributed by atoms with E-state index in [9.17, 15) is 0 Å². The molecule has 1 aromatic heterocycles. The SMILES string of the molecule is c1ccss[pH]c1. The molecule has 0 N–H and O–H groups in total. The summed E-state index contributed by atoms with van der Waals surface area (Å²) >= 11 is 0. The van der Waals surface area contributed by atoms with Crippen molar-refractivity contribution in [2.24, 2.45) is 0 Å². The zero-order valence-corrected chi connectivity index (χ0v) is 6.26. The van der Waals surface area contributed by atoms with Gasteiger partial charge in [-0.25, -0.2) is 0 Å². The van der Waals surface area contributed by atoms with Crippen LogP contribution in [0.4, 0.5) is 0 Å². The van der Waals surface area contributed by atoms with E-state index < -0.39 is 0 Å². The lowest BCUT2D eigenvalue weighted by atomic mass is 10.7. The second kappa shape index (κ2) is 3.25. The fourth-order valence-corrected chi connectivity index (χ4v) is 3.19. The zero-order valence-electron chi connectivity index (χ0n) is 3.63. The van der Waals surface area contributed by atoms with Crippen LogP contribution in [-0.2, 0) is 0 Å². The van der Waals surface area contributed by atoms with Gasteiger partial charge in [0, 0.05) is 5.38 Å². The Balaban J connectivity index is 3.06. The second-order valence-electron chi connectivity index (χ2n) is 0.985. The molecule has 0 aliphatic carbocycles. The van der Waals surface area contributed by atoms with Gasteiger partial charge in [-0.2, -0.15) is 0 Å². The Morgan fingerprint density at radius 2 is 2.29 bits per heavy atom. The van der Waals surface area contributed by atoms with Crippen molar-refractivity contribution < 1.29 is 0 Å². The molecule has 0 aromatic carbocycles. The minimum absolute atomic E-state index is 0.931. The van der Waals surface area contributed by atoms with Crippen LogP contribution in [0, 0.1) is 0 Å². The van der Waals surface area contributed by atoms with Gasteiger partial charge in [0.15, 0.2) is 0 Å². The fourth-order valence-electron chi connectivity index (χ4n) is 0.256. The van der Waals surface area contributed by atoms with Crippen LogP contribution in [0.3, 0.4) is 0 Å². The van der Waals surface area contributed by atoms with Crippen LogP contribution in [0.1, 0.15) is 0 Å². The van der Waals surface area contributed by atoms with Gasteiger partial charge in [0.25, 0.3) is 0 Å². The Morgan fingerprint density at radius 1 is 1.29 bits per heavy atom. The van der Waals surface area contributed by atoms with E-state index in [1.807, 2.05) is 9.95 Å². The largest absolute Gasteiger partial charge is 0.0850 e. The van der Waals surface area contributed by atoms with Gasteiger partial charge >= 0.3 is 0 Å². The molecule has 1 unspecified atom stereocenters. The molecule has 0 saturated heterocycles. The van der Waals surface area contributed by atoms with Crippen LogP contribution in [-0.4, -0.2) is 0 Å². The first-order valence-electron chi connectivity index (χ1n) is 1.90. The highest BCUT2D eigenvalue weighted by atomic mass is 33.1. The van der Waals surface area contributed by atoms with Crippen LogP contribution in [0.15, 0.2) is 23.3 Å². The van der Waals surface area contributed by atoms with E-state index >= 15 is 0 Å². The first kappa shape index (κ1) is 5.36. The van der Waals surface area contributed by atoms with Crippen molar-refractivity contribution in [1.82, 2.24) is 0 Å². The standard InChI is InChI=1S/C4H5PS2/c1-2-4-6-7-5-3-1/h1-5H. The van der Waals surface area contributed by atoms with Crippen LogP contribution in [0.25, 0.3) is 0 Å². The highest BCUT2D eigenvalue weighted by molar-refractivity contribution is 7.99. The maximum atomic E-state index is 2.18. The van der Waals surface area contributed by atoms with Crippen LogP contribution in [0.5, 0.6) is 0 Å². The Bertz CT molecular complexity index is 97.7. The van der Waals surface area contributed by atoms with Crippen molar-refractivity contribution >= 4 is 27.7 Å². The Morgan fingerprint density at radius 3 is 3.29 bits per heavy atom. The quantitative estimate of drug-likeness (QED) is 0.496. The number of rotatable bonds is 0. The van der Waals surface area contributed by atoms with Crippen molar-refractivity contribution in [3.8, 4) is 0 Å². The molecule has 0 radical (unpaired) electrons. The molecule has 3 heteroatoms. The summed E-state index contributed by atoms with van der Waals surface area (Å²) in [7, 11) is 4.62. The topological polar surface area (TPSA) is 0 Å². The molecule has 7 heavy (non-hydrogen) atoms. The molecule has 0 nitrogen and oxygen atoms in total. The lowest BCUT2D eigenvalue weighted by Gasteiger charge is -1.53. The van der Waals surface area contributed by atoms with Crippen molar-refractivity contribution in [3.05, 3.63) is 23.3 Å². The predicted octanol–water partition coefficient (Wildman–Crippen LogP) is 2.97. The highest BCUT2D eigenvalue weighted by Crippen LogP contribution is 2.13. The Hall–Kier alpha value is 0.220. The fraction of sp³-hybridized carbons (Fsp3) is 0. The monoisotopic (exact) mass is 148 g/mol. The minimum Gasteiger partial charge on any atom is -0.0850 e. The van der Waals surface area contributed by atoms with Gasteiger partial charge in [0.2, 0.25) is 0 Å². The Kier molecular flexibility index (Phi) is 2.49. The molecule has 0 amide bonds. The molecule has 0 saturated carbocycles. The van der Waals surface area contributed by atoms with E-state index in [2.05, 4.69) is 23.3 Å². The minimum atomic E-state index is 0.931. The number of hydrogen-bond acceptors (Lipinski definition) is 2. The molecular weight excluding hydrogens is 143 g/mol. The van der Waals surface area contributed by atoms with E-state index in [1.165, 1.54) is 0 Å². The van der Waals surface area contributed by atoms with E-state index in [4.69, 9.17) is 0 Å². The maximum absolute atomic E-state index is 2.18. The van der Waals surface area contributed by atoms with Gasteiger partial charge in [0.1, 0.15) is 0 Å². The third-order valence-electron chi connectivity index (χ3n) is 0.506. The molecular formula is C4H5PS2. The average molecular weight is 148 g/mol. The second-order valence-corrected chi connectivity index (χ2v) is 5.47. The highest BCUT2D eigenvalue weighted by Gasteiger charge is 1.58. The Labute approximate surface area is 51.4 Å². The molecule has 1 aromatic rings. The van der Waals surface area contributed by atoms with Crippen LogP contribution >= 0.6 is 27.7 Å². The third kappa shape index (κ3) is 2.12. The lowest BCUT2D eigenvalue weighted by molar-refractivity contribution is 1.99.